The molecule has 3 heterocycles. The summed E-state index contributed by atoms with van der Waals surface area (Å²) < 4.78 is 0. The van der Waals surface area contributed by atoms with Gasteiger partial charge in [-0.25, -0.2) is 15.0 Å². The maximum absolute atomic E-state index is 12.4. The molecule has 1 atom stereocenters. The largest absolute Gasteiger partial charge is 0.310 e. The van der Waals surface area contributed by atoms with Crippen molar-refractivity contribution in [2.45, 2.75) is 26.3 Å². The maximum Gasteiger partial charge on any atom is 0.229 e. The summed E-state index contributed by atoms with van der Waals surface area (Å²) in [5.41, 5.74) is 1.97. The Labute approximate surface area is 136 Å². The lowest BCUT2D eigenvalue weighted by atomic mass is 9.97. The standard InChI is InChI=1S/C17H21N5O/c1-13-9-15(20-12-19-13)11-22-8-4-5-14(10-22)17(23)21-16-6-2-3-7-18-16/h2-3,6-7,9,12,14H,4-5,8,10-11H2,1H3,(H,18,21,23). The highest BCUT2D eigenvalue weighted by Gasteiger charge is 2.26. The first kappa shape index (κ1) is 15.6. The minimum Gasteiger partial charge on any atom is -0.310 e. The van der Waals surface area contributed by atoms with Gasteiger partial charge >= 0.3 is 0 Å². The lowest BCUT2D eigenvalue weighted by Gasteiger charge is -2.31. The highest BCUT2D eigenvalue weighted by Crippen LogP contribution is 2.19. The van der Waals surface area contributed by atoms with Crippen LogP contribution in [0.1, 0.15) is 24.2 Å². The predicted molar refractivity (Wildman–Crippen MR) is 87.6 cm³/mol. The highest BCUT2D eigenvalue weighted by molar-refractivity contribution is 5.91. The number of hydrogen-bond donors (Lipinski definition) is 1. The van der Waals surface area contributed by atoms with Gasteiger partial charge in [-0.2, -0.15) is 0 Å². The van der Waals surface area contributed by atoms with E-state index in [2.05, 4.69) is 25.2 Å². The van der Waals surface area contributed by atoms with Crippen LogP contribution in [-0.4, -0.2) is 38.8 Å². The van der Waals surface area contributed by atoms with Crippen molar-refractivity contribution in [3.63, 3.8) is 0 Å². The Kier molecular flexibility index (Phi) is 4.92. The summed E-state index contributed by atoms with van der Waals surface area (Å²) in [7, 11) is 0. The minimum atomic E-state index is -0.00584. The van der Waals surface area contributed by atoms with E-state index >= 15 is 0 Å². The molecule has 1 fully saturated rings. The second kappa shape index (κ2) is 7.28. The van der Waals surface area contributed by atoms with Gasteiger partial charge in [0, 0.05) is 25.0 Å². The van der Waals surface area contributed by atoms with Gasteiger partial charge in [-0.15, -0.1) is 0 Å². The molecule has 0 saturated carbocycles. The molecule has 1 saturated heterocycles. The van der Waals surface area contributed by atoms with Gasteiger partial charge < -0.3 is 5.32 Å². The molecule has 2 aromatic heterocycles. The van der Waals surface area contributed by atoms with E-state index in [1.807, 2.05) is 31.2 Å². The van der Waals surface area contributed by atoms with Crippen molar-refractivity contribution in [3.8, 4) is 0 Å². The summed E-state index contributed by atoms with van der Waals surface area (Å²) in [5.74, 6) is 0.655. The number of nitrogens with zero attached hydrogens (tertiary/aromatic N) is 4. The smallest absolute Gasteiger partial charge is 0.229 e. The zero-order valence-corrected chi connectivity index (χ0v) is 13.3. The van der Waals surface area contributed by atoms with E-state index in [-0.39, 0.29) is 11.8 Å². The number of hydrogen-bond acceptors (Lipinski definition) is 5. The summed E-state index contributed by atoms with van der Waals surface area (Å²) in [6.07, 6.45) is 5.21. The maximum atomic E-state index is 12.4. The highest BCUT2D eigenvalue weighted by atomic mass is 16.2. The van der Waals surface area contributed by atoms with Gasteiger partial charge in [0.2, 0.25) is 5.91 Å². The predicted octanol–water partition coefficient (Wildman–Crippen LogP) is 2.03. The summed E-state index contributed by atoms with van der Waals surface area (Å²) in [4.78, 5) is 27.3. The van der Waals surface area contributed by atoms with Gasteiger partial charge in [-0.1, -0.05) is 6.07 Å². The number of aryl methyl sites for hydroxylation is 1. The fraction of sp³-hybridized carbons (Fsp3) is 0.412. The zero-order chi connectivity index (χ0) is 16.1. The van der Waals surface area contributed by atoms with Crippen molar-refractivity contribution in [2.75, 3.05) is 18.4 Å². The molecular formula is C17H21N5O. The summed E-state index contributed by atoms with van der Waals surface area (Å²) in [6, 6.07) is 7.51. The van der Waals surface area contributed by atoms with Gasteiger partial charge in [0.05, 0.1) is 11.6 Å². The number of piperidine rings is 1. The van der Waals surface area contributed by atoms with Gasteiger partial charge in [0.15, 0.2) is 0 Å². The molecule has 23 heavy (non-hydrogen) atoms. The molecule has 1 N–H and O–H groups in total. The molecule has 6 nitrogen and oxygen atoms in total. The number of amides is 1. The lowest BCUT2D eigenvalue weighted by Crippen LogP contribution is -2.40. The molecule has 0 aromatic carbocycles. The van der Waals surface area contributed by atoms with Crippen LogP contribution in [0.4, 0.5) is 5.82 Å². The fourth-order valence-electron chi connectivity index (χ4n) is 2.90. The van der Waals surface area contributed by atoms with Crippen molar-refractivity contribution >= 4 is 11.7 Å². The average Bonchev–Trinajstić information content (AvgIpc) is 2.56. The molecule has 0 spiro atoms. The number of aromatic nitrogens is 3. The van der Waals surface area contributed by atoms with E-state index in [4.69, 9.17) is 0 Å². The molecule has 120 valence electrons. The van der Waals surface area contributed by atoms with Gasteiger partial charge in [0.1, 0.15) is 12.1 Å². The normalized spacial score (nSPS) is 18.6. The molecule has 1 amide bonds. The number of carbonyl (C=O) groups is 1. The third-order valence-corrected chi connectivity index (χ3v) is 4.04. The molecule has 0 bridgehead atoms. The van der Waals surface area contributed by atoms with Crippen LogP contribution < -0.4 is 5.32 Å². The van der Waals surface area contributed by atoms with Crippen LogP contribution in [0.2, 0.25) is 0 Å². The molecule has 1 aliphatic rings. The number of anilines is 1. The second-order valence-electron chi connectivity index (χ2n) is 5.93. The number of pyridine rings is 1. The number of likely N-dealkylation sites (tertiary alicyclic amines) is 1. The second-order valence-corrected chi connectivity index (χ2v) is 5.93. The Morgan fingerprint density at radius 2 is 2.26 bits per heavy atom. The molecule has 1 aliphatic heterocycles. The van der Waals surface area contributed by atoms with E-state index in [0.29, 0.717) is 5.82 Å². The molecular weight excluding hydrogens is 290 g/mol. The molecule has 6 heteroatoms. The summed E-state index contributed by atoms with van der Waals surface area (Å²) >= 11 is 0. The number of nitrogens with one attached hydrogen (secondary N) is 1. The zero-order valence-electron chi connectivity index (χ0n) is 13.3. The third kappa shape index (κ3) is 4.32. The van der Waals surface area contributed by atoms with Crippen LogP contribution in [0.25, 0.3) is 0 Å². The molecule has 0 aliphatic carbocycles. The van der Waals surface area contributed by atoms with Crippen LogP contribution in [0.5, 0.6) is 0 Å². The average molecular weight is 311 g/mol. The van der Waals surface area contributed by atoms with Crippen LogP contribution >= 0.6 is 0 Å². The first-order valence-corrected chi connectivity index (χ1v) is 7.92. The summed E-state index contributed by atoms with van der Waals surface area (Å²) in [6.45, 7) is 4.47. The number of rotatable bonds is 4. The van der Waals surface area contributed by atoms with Gasteiger partial charge in [0.25, 0.3) is 0 Å². The molecule has 1 unspecified atom stereocenters. The Bertz CT molecular complexity index is 661. The Morgan fingerprint density at radius 1 is 1.35 bits per heavy atom. The SMILES string of the molecule is Cc1cc(CN2CCCC(C(=O)Nc3ccccn3)C2)ncn1. The van der Waals surface area contributed by atoms with Crippen LogP contribution in [-0.2, 0) is 11.3 Å². The van der Waals surface area contributed by atoms with E-state index in [1.165, 1.54) is 0 Å². The first-order chi connectivity index (χ1) is 11.2. The number of carbonyl (C=O) groups excluding carboxylic acids is 1. The first-order valence-electron chi connectivity index (χ1n) is 7.92. The lowest BCUT2D eigenvalue weighted by molar-refractivity contribution is -0.121. The van der Waals surface area contributed by atoms with E-state index in [9.17, 15) is 4.79 Å². The Balaban J connectivity index is 1.58. The monoisotopic (exact) mass is 311 g/mol. The molecule has 3 rings (SSSR count). The van der Waals surface area contributed by atoms with E-state index in [1.54, 1.807) is 12.5 Å². The minimum absolute atomic E-state index is 0.00584. The van der Waals surface area contributed by atoms with Crippen molar-refractivity contribution in [1.29, 1.82) is 0 Å². The summed E-state index contributed by atoms with van der Waals surface area (Å²) in [5, 5.41) is 2.90. The third-order valence-electron chi connectivity index (χ3n) is 4.04. The van der Waals surface area contributed by atoms with Gasteiger partial charge in [-0.3, -0.25) is 9.69 Å². The fourth-order valence-corrected chi connectivity index (χ4v) is 2.90. The van der Waals surface area contributed by atoms with E-state index < -0.39 is 0 Å². The van der Waals surface area contributed by atoms with Crippen LogP contribution in [0.15, 0.2) is 36.8 Å². The molecule has 0 radical (unpaired) electrons. The van der Waals surface area contributed by atoms with Crippen LogP contribution in [0.3, 0.4) is 0 Å². The topological polar surface area (TPSA) is 71.0 Å². The Hall–Kier alpha value is -2.34. The van der Waals surface area contributed by atoms with E-state index in [0.717, 1.165) is 43.9 Å². The molecule has 2 aromatic rings. The van der Waals surface area contributed by atoms with Crippen molar-refractivity contribution in [1.82, 2.24) is 19.9 Å². The van der Waals surface area contributed by atoms with Crippen molar-refractivity contribution in [3.05, 3.63) is 48.2 Å². The van der Waals surface area contributed by atoms with Crippen LogP contribution in [0, 0.1) is 12.8 Å². The van der Waals surface area contributed by atoms with Crippen molar-refractivity contribution < 1.29 is 4.79 Å². The van der Waals surface area contributed by atoms with Crippen molar-refractivity contribution in [2.24, 2.45) is 5.92 Å². The Morgan fingerprint density at radius 3 is 3.04 bits per heavy atom. The van der Waals surface area contributed by atoms with Gasteiger partial charge in [-0.05, 0) is 44.5 Å². The quantitative estimate of drug-likeness (QED) is 0.935.